The fourth-order valence-electron chi connectivity index (χ4n) is 1.02. The summed E-state index contributed by atoms with van der Waals surface area (Å²) in [6.45, 7) is 0. The second-order valence-corrected chi connectivity index (χ2v) is 5.74. The van der Waals surface area contributed by atoms with Crippen LogP contribution in [0.15, 0.2) is 32.5 Å². The van der Waals surface area contributed by atoms with Crippen LogP contribution in [-0.2, 0) is 0 Å². The van der Waals surface area contributed by atoms with Crippen LogP contribution in [0.3, 0.4) is 0 Å². The minimum atomic E-state index is 0.508. The van der Waals surface area contributed by atoms with E-state index in [1.165, 1.54) is 11.3 Å². The summed E-state index contributed by atoms with van der Waals surface area (Å²) in [7, 11) is 0. The topological polar surface area (TPSA) is 24.9 Å². The molecule has 0 amide bonds. The maximum atomic E-state index is 5.74. The first-order valence-electron chi connectivity index (χ1n) is 3.98. The summed E-state index contributed by atoms with van der Waals surface area (Å²) >= 11 is 14.1. The molecule has 1 aromatic carbocycles. The fraction of sp³-hybridized carbons (Fsp3) is 0. The third-order valence-electron chi connectivity index (χ3n) is 1.65. The number of benzene rings is 1. The van der Waals surface area contributed by atoms with Crippen molar-refractivity contribution in [3.8, 4) is 0 Å². The smallest absolute Gasteiger partial charge is 0.188 e. The number of rotatable bonds is 2. The van der Waals surface area contributed by atoms with Crippen LogP contribution < -0.4 is 5.32 Å². The Morgan fingerprint density at radius 1 is 1.33 bits per heavy atom. The van der Waals surface area contributed by atoms with Crippen molar-refractivity contribution >= 4 is 65.6 Å². The molecular weight excluding hydrogens is 363 g/mol. The number of halogens is 3. The quantitative estimate of drug-likeness (QED) is 0.801. The van der Waals surface area contributed by atoms with Crippen LogP contribution in [0.25, 0.3) is 0 Å². The number of nitrogens with one attached hydrogen (secondary N) is 1. The van der Waals surface area contributed by atoms with E-state index in [2.05, 4.69) is 42.2 Å². The zero-order valence-electron chi connectivity index (χ0n) is 7.30. The zero-order chi connectivity index (χ0) is 10.8. The molecule has 0 radical (unpaired) electrons. The van der Waals surface area contributed by atoms with Gasteiger partial charge in [-0.05, 0) is 34.1 Å². The molecule has 0 aliphatic heterocycles. The van der Waals surface area contributed by atoms with Crippen LogP contribution in [0.2, 0.25) is 5.15 Å². The predicted molar refractivity (Wildman–Crippen MR) is 72.2 cm³/mol. The molecule has 1 heterocycles. The molecule has 6 heteroatoms. The zero-order valence-corrected chi connectivity index (χ0v) is 12.0. The summed E-state index contributed by atoms with van der Waals surface area (Å²) in [5.74, 6) is 0. The Morgan fingerprint density at radius 3 is 2.80 bits per heavy atom. The first kappa shape index (κ1) is 11.4. The number of nitrogens with zero attached hydrogens (tertiary/aromatic N) is 1. The van der Waals surface area contributed by atoms with Gasteiger partial charge < -0.3 is 5.32 Å². The molecule has 0 aliphatic carbocycles. The molecule has 2 rings (SSSR count). The number of aromatic nitrogens is 1. The highest BCUT2D eigenvalue weighted by Gasteiger charge is 2.04. The molecule has 78 valence electrons. The van der Waals surface area contributed by atoms with E-state index in [0.29, 0.717) is 5.15 Å². The Hall–Kier alpha value is -0.100. The van der Waals surface area contributed by atoms with Gasteiger partial charge in [-0.3, -0.25) is 0 Å². The van der Waals surface area contributed by atoms with Gasteiger partial charge in [-0.15, -0.1) is 11.3 Å². The van der Waals surface area contributed by atoms with E-state index < -0.39 is 0 Å². The lowest BCUT2D eigenvalue weighted by atomic mass is 10.3. The van der Waals surface area contributed by atoms with Crippen molar-refractivity contribution in [3.05, 3.63) is 37.7 Å². The minimum Gasteiger partial charge on any atom is -0.331 e. The monoisotopic (exact) mass is 366 g/mol. The summed E-state index contributed by atoms with van der Waals surface area (Å²) in [4.78, 5) is 4.11. The van der Waals surface area contributed by atoms with E-state index in [9.17, 15) is 0 Å². The molecule has 2 nitrogen and oxygen atoms in total. The van der Waals surface area contributed by atoms with Gasteiger partial charge >= 0.3 is 0 Å². The summed E-state index contributed by atoms with van der Waals surface area (Å²) in [6.07, 6.45) is 0. The van der Waals surface area contributed by atoms with Gasteiger partial charge in [0.25, 0.3) is 0 Å². The van der Waals surface area contributed by atoms with Gasteiger partial charge in [0, 0.05) is 14.3 Å². The molecule has 0 fully saturated rings. The Morgan fingerprint density at radius 2 is 2.13 bits per heavy atom. The highest BCUT2D eigenvalue weighted by molar-refractivity contribution is 9.11. The van der Waals surface area contributed by atoms with Crippen molar-refractivity contribution in [2.24, 2.45) is 0 Å². The second kappa shape index (κ2) is 4.82. The van der Waals surface area contributed by atoms with Crippen molar-refractivity contribution < 1.29 is 0 Å². The van der Waals surface area contributed by atoms with Gasteiger partial charge in [-0.2, -0.15) is 0 Å². The van der Waals surface area contributed by atoms with Crippen LogP contribution in [0, 0.1) is 0 Å². The maximum Gasteiger partial charge on any atom is 0.188 e. The SMILES string of the molecule is Clc1csc(Nc2cc(Br)ccc2Br)n1. The lowest BCUT2D eigenvalue weighted by Gasteiger charge is -2.05. The average Bonchev–Trinajstić information content (AvgIpc) is 2.58. The van der Waals surface area contributed by atoms with E-state index in [-0.39, 0.29) is 0 Å². The Bertz CT molecular complexity index is 487. The highest BCUT2D eigenvalue weighted by Crippen LogP contribution is 2.30. The number of anilines is 2. The molecule has 1 aromatic heterocycles. The van der Waals surface area contributed by atoms with Crippen LogP contribution in [0.5, 0.6) is 0 Å². The summed E-state index contributed by atoms with van der Waals surface area (Å²) in [5, 5.41) is 6.25. The Kier molecular flexibility index (Phi) is 3.66. The van der Waals surface area contributed by atoms with Crippen LogP contribution in [-0.4, -0.2) is 4.98 Å². The Labute approximate surface area is 113 Å². The van der Waals surface area contributed by atoms with Gasteiger partial charge in [0.2, 0.25) is 0 Å². The van der Waals surface area contributed by atoms with E-state index >= 15 is 0 Å². The number of thiazole rings is 1. The van der Waals surface area contributed by atoms with Crippen molar-refractivity contribution in [2.45, 2.75) is 0 Å². The van der Waals surface area contributed by atoms with Crippen LogP contribution in [0.1, 0.15) is 0 Å². The molecule has 0 unspecified atom stereocenters. The summed E-state index contributed by atoms with van der Waals surface area (Å²) < 4.78 is 1.99. The van der Waals surface area contributed by atoms with E-state index in [4.69, 9.17) is 11.6 Å². The van der Waals surface area contributed by atoms with E-state index in [1.807, 2.05) is 18.2 Å². The van der Waals surface area contributed by atoms with Crippen LogP contribution >= 0.6 is 54.8 Å². The molecule has 0 saturated heterocycles. The summed E-state index contributed by atoms with van der Waals surface area (Å²) in [6, 6.07) is 5.89. The number of hydrogen-bond acceptors (Lipinski definition) is 3. The van der Waals surface area contributed by atoms with Gasteiger partial charge in [-0.1, -0.05) is 27.5 Å². The maximum absolute atomic E-state index is 5.74. The van der Waals surface area contributed by atoms with Crippen molar-refractivity contribution in [3.63, 3.8) is 0 Å². The normalized spacial score (nSPS) is 10.3. The third-order valence-corrected chi connectivity index (χ3v) is 3.91. The third kappa shape index (κ3) is 2.93. The lowest BCUT2D eigenvalue weighted by molar-refractivity contribution is 1.38. The van der Waals surface area contributed by atoms with E-state index in [1.54, 1.807) is 5.38 Å². The van der Waals surface area contributed by atoms with Crippen molar-refractivity contribution in [1.82, 2.24) is 4.98 Å². The van der Waals surface area contributed by atoms with E-state index in [0.717, 1.165) is 19.8 Å². The molecule has 0 atom stereocenters. The standard InChI is InChI=1S/C9H5Br2ClN2S/c10-5-1-2-6(11)7(3-5)13-9-14-8(12)4-15-9/h1-4H,(H,13,14). The first-order chi connectivity index (χ1) is 7.15. The lowest BCUT2D eigenvalue weighted by Crippen LogP contribution is -1.90. The second-order valence-electron chi connectivity index (χ2n) is 2.72. The van der Waals surface area contributed by atoms with Crippen molar-refractivity contribution in [1.29, 1.82) is 0 Å². The minimum absolute atomic E-state index is 0.508. The molecule has 0 bridgehead atoms. The molecule has 0 spiro atoms. The first-order valence-corrected chi connectivity index (χ1v) is 6.82. The average molecular weight is 368 g/mol. The van der Waals surface area contributed by atoms with Crippen molar-refractivity contribution in [2.75, 3.05) is 5.32 Å². The molecule has 2 aromatic rings. The highest BCUT2D eigenvalue weighted by atomic mass is 79.9. The molecule has 0 saturated carbocycles. The number of hydrogen-bond donors (Lipinski definition) is 1. The molecule has 1 N–H and O–H groups in total. The van der Waals surface area contributed by atoms with Gasteiger partial charge in [-0.25, -0.2) is 4.98 Å². The molecular formula is C9H5Br2ClN2S. The summed E-state index contributed by atoms with van der Waals surface area (Å²) in [5.41, 5.74) is 0.954. The fourth-order valence-corrected chi connectivity index (χ4v) is 2.58. The van der Waals surface area contributed by atoms with Gasteiger partial charge in [0.1, 0.15) is 5.15 Å². The van der Waals surface area contributed by atoms with Gasteiger partial charge in [0.05, 0.1) is 5.69 Å². The molecule has 0 aliphatic rings. The Balaban J connectivity index is 2.27. The largest absolute Gasteiger partial charge is 0.331 e. The predicted octanol–water partition coefficient (Wildman–Crippen LogP) is 5.07. The van der Waals surface area contributed by atoms with Gasteiger partial charge in [0.15, 0.2) is 5.13 Å². The van der Waals surface area contributed by atoms with Crippen LogP contribution in [0.4, 0.5) is 10.8 Å². The molecule has 15 heavy (non-hydrogen) atoms.